The predicted molar refractivity (Wildman–Crippen MR) is 90.1 cm³/mol. The van der Waals surface area contributed by atoms with Crippen molar-refractivity contribution in [2.24, 2.45) is 0 Å². The highest BCUT2D eigenvalue weighted by molar-refractivity contribution is 9.10. The fourth-order valence-electron chi connectivity index (χ4n) is 2.30. The van der Waals surface area contributed by atoms with Gasteiger partial charge in [0.25, 0.3) is 0 Å². The molecule has 0 bridgehead atoms. The normalized spacial score (nSPS) is 10.7. The summed E-state index contributed by atoms with van der Waals surface area (Å²) in [6.07, 6.45) is 7.86. The molecule has 0 saturated carbocycles. The molecule has 0 amide bonds. The van der Waals surface area contributed by atoms with Crippen LogP contribution in [-0.2, 0) is 0 Å². The summed E-state index contributed by atoms with van der Waals surface area (Å²) in [5.74, 6) is 0. The maximum absolute atomic E-state index is 3.59. The number of benzene rings is 1. The fourth-order valence-corrected chi connectivity index (χ4v) is 2.55. The number of nitrogens with zero attached hydrogens (tertiary/aromatic N) is 1. The maximum Gasteiger partial charge on any atom is 0.0369 e. The zero-order valence-electron chi connectivity index (χ0n) is 12.7. The molecule has 0 aromatic heterocycles. The van der Waals surface area contributed by atoms with Gasteiger partial charge < -0.3 is 4.90 Å². The van der Waals surface area contributed by atoms with Crippen LogP contribution < -0.4 is 4.90 Å². The van der Waals surface area contributed by atoms with E-state index < -0.39 is 0 Å². The summed E-state index contributed by atoms with van der Waals surface area (Å²) in [5.41, 5.74) is 2.71. The first-order chi connectivity index (χ1) is 9.19. The van der Waals surface area contributed by atoms with Crippen molar-refractivity contribution in [2.45, 2.75) is 59.3 Å². The Hall–Kier alpha value is -0.500. The van der Waals surface area contributed by atoms with Crippen molar-refractivity contribution in [1.82, 2.24) is 0 Å². The second kappa shape index (κ2) is 9.41. The van der Waals surface area contributed by atoms with E-state index in [4.69, 9.17) is 0 Å². The quantitative estimate of drug-likeness (QED) is 0.507. The second-order valence-corrected chi connectivity index (χ2v) is 6.19. The van der Waals surface area contributed by atoms with E-state index in [1.165, 1.54) is 67.3 Å². The standard InChI is InChI=1S/C17H28BrN/c1-4-6-8-12-19(13-9-7-5-2)16-10-11-17(18)15(3)14-16/h10-11,14H,4-9,12-13H2,1-3H3. The fraction of sp³-hybridized carbons (Fsp3) is 0.647. The third-order valence-corrected chi connectivity index (χ3v) is 4.46. The molecule has 0 aliphatic carbocycles. The molecule has 1 aromatic rings. The van der Waals surface area contributed by atoms with Crippen molar-refractivity contribution in [3.63, 3.8) is 0 Å². The van der Waals surface area contributed by atoms with Crippen LogP contribution in [0.5, 0.6) is 0 Å². The van der Waals surface area contributed by atoms with Gasteiger partial charge in [-0.15, -0.1) is 0 Å². The Morgan fingerprint density at radius 3 is 2.00 bits per heavy atom. The lowest BCUT2D eigenvalue weighted by molar-refractivity contribution is 0.636. The van der Waals surface area contributed by atoms with Crippen molar-refractivity contribution >= 4 is 21.6 Å². The Kier molecular flexibility index (Phi) is 8.20. The average molecular weight is 326 g/mol. The van der Waals surface area contributed by atoms with Crippen LogP contribution in [0.4, 0.5) is 5.69 Å². The van der Waals surface area contributed by atoms with Gasteiger partial charge in [0.1, 0.15) is 0 Å². The topological polar surface area (TPSA) is 3.24 Å². The van der Waals surface area contributed by atoms with Crippen LogP contribution in [0.25, 0.3) is 0 Å². The SMILES string of the molecule is CCCCCN(CCCCC)c1ccc(Br)c(C)c1. The van der Waals surface area contributed by atoms with Gasteiger partial charge in [0.05, 0.1) is 0 Å². The molecule has 0 aliphatic heterocycles. The van der Waals surface area contributed by atoms with Gasteiger partial charge in [-0.1, -0.05) is 55.5 Å². The van der Waals surface area contributed by atoms with E-state index in [9.17, 15) is 0 Å². The van der Waals surface area contributed by atoms with Crippen LogP contribution in [0.3, 0.4) is 0 Å². The third kappa shape index (κ3) is 5.99. The summed E-state index contributed by atoms with van der Waals surface area (Å²) in [7, 11) is 0. The van der Waals surface area contributed by atoms with Crippen LogP contribution in [0.15, 0.2) is 22.7 Å². The molecule has 1 rings (SSSR count). The summed E-state index contributed by atoms with van der Waals surface area (Å²) >= 11 is 3.59. The molecule has 1 aromatic carbocycles. The highest BCUT2D eigenvalue weighted by Gasteiger charge is 2.07. The molecular weight excluding hydrogens is 298 g/mol. The molecular formula is C17H28BrN. The minimum Gasteiger partial charge on any atom is -0.372 e. The Morgan fingerprint density at radius 1 is 0.947 bits per heavy atom. The Labute approximate surface area is 127 Å². The third-order valence-electron chi connectivity index (χ3n) is 3.57. The van der Waals surface area contributed by atoms with E-state index in [0.717, 1.165) is 0 Å². The molecule has 0 unspecified atom stereocenters. The molecule has 0 N–H and O–H groups in total. The van der Waals surface area contributed by atoms with Crippen molar-refractivity contribution in [2.75, 3.05) is 18.0 Å². The van der Waals surface area contributed by atoms with Crippen molar-refractivity contribution < 1.29 is 0 Å². The molecule has 0 aliphatic rings. The van der Waals surface area contributed by atoms with Crippen LogP contribution in [-0.4, -0.2) is 13.1 Å². The van der Waals surface area contributed by atoms with Gasteiger partial charge in [0.2, 0.25) is 0 Å². The molecule has 0 heterocycles. The van der Waals surface area contributed by atoms with Crippen molar-refractivity contribution in [3.05, 3.63) is 28.2 Å². The Balaban J connectivity index is 2.66. The lowest BCUT2D eigenvalue weighted by Crippen LogP contribution is -2.25. The van der Waals surface area contributed by atoms with E-state index in [2.05, 4.69) is 59.8 Å². The summed E-state index contributed by atoms with van der Waals surface area (Å²) < 4.78 is 1.21. The molecule has 108 valence electrons. The van der Waals surface area contributed by atoms with Crippen LogP contribution in [0.2, 0.25) is 0 Å². The monoisotopic (exact) mass is 325 g/mol. The molecule has 0 fully saturated rings. The van der Waals surface area contributed by atoms with Gasteiger partial charge in [-0.2, -0.15) is 0 Å². The molecule has 19 heavy (non-hydrogen) atoms. The van der Waals surface area contributed by atoms with Crippen molar-refractivity contribution in [3.8, 4) is 0 Å². The van der Waals surface area contributed by atoms with Crippen LogP contribution in [0, 0.1) is 6.92 Å². The molecule has 0 atom stereocenters. The number of halogens is 1. The number of rotatable bonds is 9. The van der Waals surface area contributed by atoms with E-state index in [-0.39, 0.29) is 0 Å². The lowest BCUT2D eigenvalue weighted by atomic mass is 10.1. The van der Waals surface area contributed by atoms with Gasteiger partial charge in [0, 0.05) is 23.2 Å². The van der Waals surface area contributed by atoms with E-state index in [1.54, 1.807) is 0 Å². The van der Waals surface area contributed by atoms with E-state index in [1.807, 2.05) is 0 Å². The molecule has 2 heteroatoms. The number of hydrogen-bond acceptors (Lipinski definition) is 1. The first-order valence-electron chi connectivity index (χ1n) is 7.70. The van der Waals surface area contributed by atoms with Gasteiger partial charge in [-0.05, 0) is 43.5 Å². The summed E-state index contributed by atoms with van der Waals surface area (Å²) in [6.45, 7) is 9.09. The smallest absolute Gasteiger partial charge is 0.0369 e. The highest BCUT2D eigenvalue weighted by atomic mass is 79.9. The summed E-state index contributed by atoms with van der Waals surface area (Å²) in [5, 5.41) is 0. The first kappa shape index (κ1) is 16.6. The largest absolute Gasteiger partial charge is 0.372 e. The number of anilines is 1. The Morgan fingerprint density at radius 2 is 1.53 bits per heavy atom. The summed E-state index contributed by atoms with van der Waals surface area (Å²) in [6, 6.07) is 6.73. The van der Waals surface area contributed by atoms with Gasteiger partial charge in [-0.3, -0.25) is 0 Å². The summed E-state index contributed by atoms with van der Waals surface area (Å²) in [4.78, 5) is 2.56. The van der Waals surface area contributed by atoms with Gasteiger partial charge >= 0.3 is 0 Å². The minimum absolute atomic E-state index is 1.19. The zero-order chi connectivity index (χ0) is 14.1. The predicted octanol–water partition coefficient (Wildman–Crippen LogP) is 5.94. The van der Waals surface area contributed by atoms with Crippen LogP contribution in [0.1, 0.15) is 57.9 Å². The van der Waals surface area contributed by atoms with E-state index >= 15 is 0 Å². The Bertz CT molecular complexity index is 352. The second-order valence-electron chi connectivity index (χ2n) is 5.33. The number of aryl methyl sites for hydroxylation is 1. The van der Waals surface area contributed by atoms with E-state index in [0.29, 0.717) is 0 Å². The molecule has 0 radical (unpaired) electrons. The zero-order valence-corrected chi connectivity index (χ0v) is 14.3. The molecule has 0 spiro atoms. The lowest BCUT2D eigenvalue weighted by Gasteiger charge is -2.25. The minimum atomic E-state index is 1.19. The average Bonchev–Trinajstić information content (AvgIpc) is 2.41. The highest BCUT2D eigenvalue weighted by Crippen LogP contribution is 2.23. The molecule has 1 nitrogen and oxygen atoms in total. The van der Waals surface area contributed by atoms with Gasteiger partial charge in [0.15, 0.2) is 0 Å². The first-order valence-corrected chi connectivity index (χ1v) is 8.49. The maximum atomic E-state index is 3.59. The van der Waals surface area contributed by atoms with Gasteiger partial charge in [-0.25, -0.2) is 0 Å². The van der Waals surface area contributed by atoms with Crippen molar-refractivity contribution in [1.29, 1.82) is 0 Å². The molecule has 0 saturated heterocycles. The number of hydrogen-bond donors (Lipinski definition) is 0. The van der Waals surface area contributed by atoms with Crippen LogP contribution >= 0.6 is 15.9 Å². The number of unbranched alkanes of at least 4 members (excludes halogenated alkanes) is 4.